The molecular formula is C19H16N4O2. The summed E-state index contributed by atoms with van der Waals surface area (Å²) < 4.78 is 12.7. The summed E-state index contributed by atoms with van der Waals surface area (Å²) in [5.74, 6) is 2.33. The zero-order valence-electron chi connectivity index (χ0n) is 13.7. The van der Waals surface area contributed by atoms with Crippen LogP contribution >= 0.6 is 0 Å². The van der Waals surface area contributed by atoms with Crippen LogP contribution in [0, 0.1) is 6.92 Å². The van der Waals surface area contributed by atoms with E-state index in [1.54, 1.807) is 4.68 Å². The molecule has 2 aromatic heterocycles. The number of nitrogens with zero attached hydrogens (tertiary/aromatic N) is 4. The van der Waals surface area contributed by atoms with Gasteiger partial charge >= 0.3 is 0 Å². The topological polar surface area (TPSA) is 66.0 Å². The third kappa shape index (κ3) is 3.58. The monoisotopic (exact) mass is 332 g/mol. The number of para-hydroxylation sites is 1. The SMILES string of the molecule is Cc1cc(Cn2cc(-c3cccc(Oc4ccccc4)c3)nn2)no1. The molecule has 6 nitrogen and oxygen atoms in total. The summed E-state index contributed by atoms with van der Waals surface area (Å²) in [6.07, 6.45) is 1.88. The Bertz CT molecular complexity index is 976. The lowest BCUT2D eigenvalue weighted by Crippen LogP contribution is -2.00. The maximum Gasteiger partial charge on any atom is 0.133 e. The lowest BCUT2D eigenvalue weighted by Gasteiger charge is -2.06. The van der Waals surface area contributed by atoms with Crippen molar-refractivity contribution in [2.24, 2.45) is 0 Å². The van der Waals surface area contributed by atoms with E-state index in [0.717, 1.165) is 34.2 Å². The van der Waals surface area contributed by atoms with E-state index in [-0.39, 0.29) is 0 Å². The molecule has 124 valence electrons. The van der Waals surface area contributed by atoms with Crippen LogP contribution in [-0.2, 0) is 6.54 Å². The summed E-state index contributed by atoms with van der Waals surface area (Å²) in [5.41, 5.74) is 2.53. The van der Waals surface area contributed by atoms with Gasteiger partial charge in [-0.25, -0.2) is 4.68 Å². The Hall–Kier alpha value is -3.41. The molecule has 0 bridgehead atoms. The minimum absolute atomic E-state index is 0.518. The molecule has 6 heteroatoms. The fourth-order valence-corrected chi connectivity index (χ4v) is 2.51. The van der Waals surface area contributed by atoms with Crippen LogP contribution in [0.15, 0.2) is 71.4 Å². The van der Waals surface area contributed by atoms with Crippen LogP contribution in [0.4, 0.5) is 0 Å². The van der Waals surface area contributed by atoms with Crippen molar-refractivity contribution in [1.82, 2.24) is 20.2 Å². The van der Waals surface area contributed by atoms with Gasteiger partial charge in [-0.15, -0.1) is 5.10 Å². The summed E-state index contributed by atoms with van der Waals surface area (Å²) in [6, 6.07) is 19.3. The van der Waals surface area contributed by atoms with E-state index in [2.05, 4.69) is 15.5 Å². The molecule has 2 heterocycles. The van der Waals surface area contributed by atoms with Gasteiger partial charge in [0.25, 0.3) is 0 Å². The highest BCUT2D eigenvalue weighted by Crippen LogP contribution is 2.26. The minimum Gasteiger partial charge on any atom is -0.457 e. The van der Waals surface area contributed by atoms with Crippen molar-refractivity contribution in [2.75, 3.05) is 0 Å². The normalized spacial score (nSPS) is 10.8. The highest BCUT2D eigenvalue weighted by molar-refractivity contribution is 5.60. The Balaban J connectivity index is 1.53. The van der Waals surface area contributed by atoms with Crippen LogP contribution in [0.3, 0.4) is 0 Å². The lowest BCUT2D eigenvalue weighted by molar-refractivity contribution is 0.387. The van der Waals surface area contributed by atoms with Crippen molar-refractivity contribution in [3.63, 3.8) is 0 Å². The Morgan fingerprint density at radius 2 is 1.84 bits per heavy atom. The summed E-state index contributed by atoms with van der Waals surface area (Å²) in [5, 5.41) is 12.4. The first-order chi connectivity index (χ1) is 12.3. The Labute approximate surface area is 144 Å². The summed E-state index contributed by atoms with van der Waals surface area (Å²) >= 11 is 0. The first-order valence-corrected chi connectivity index (χ1v) is 7.92. The number of aromatic nitrogens is 4. The number of benzene rings is 2. The van der Waals surface area contributed by atoms with Gasteiger partial charge in [0.05, 0.1) is 12.7 Å². The third-order valence-corrected chi connectivity index (χ3v) is 3.65. The van der Waals surface area contributed by atoms with E-state index in [1.165, 1.54) is 0 Å². The average molecular weight is 332 g/mol. The van der Waals surface area contributed by atoms with E-state index in [0.29, 0.717) is 6.54 Å². The van der Waals surface area contributed by atoms with E-state index in [4.69, 9.17) is 9.26 Å². The Morgan fingerprint density at radius 1 is 1.00 bits per heavy atom. The zero-order valence-corrected chi connectivity index (χ0v) is 13.7. The van der Waals surface area contributed by atoms with Gasteiger partial charge in [0.2, 0.25) is 0 Å². The second kappa shape index (κ2) is 6.60. The van der Waals surface area contributed by atoms with Crippen LogP contribution in [0.1, 0.15) is 11.5 Å². The summed E-state index contributed by atoms with van der Waals surface area (Å²) in [4.78, 5) is 0. The van der Waals surface area contributed by atoms with Crippen LogP contribution < -0.4 is 4.74 Å². The van der Waals surface area contributed by atoms with Crippen molar-refractivity contribution in [3.05, 3.63) is 78.3 Å². The molecule has 25 heavy (non-hydrogen) atoms. The van der Waals surface area contributed by atoms with Gasteiger partial charge in [-0.2, -0.15) is 0 Å². The second-order valence-electron chi connectivity index (χ2n) is 5.67. The second-order valence-corrected chi connectivity index (χ2v) is 5.67. The molecule has 0 saturated carbocycles. The maximum atomic E-state index is 5.87. The van der Waals surface area contributed by atoms with Gasteiger partial charge in [-0.3, -0.25) is 0 Å². The quantitative estimate of drug-likeness (QED) is 0.551. The summed E-state index contributed by atoms with van der Waals surface area (Å²) in [6.45, 7) is 2.38. The maximum absolute atomic E-state index is 5.87. The van der Waals surface area contributed by atoms with Gasteiger partial charge in [0.15, 0.2) is 0 Å². The minimum atomic E-state index is 0.518. The average Bonchev–Trinajstić information content (AvgIpc) is 3.26. The van der Waals surface area contributed by atoms with Crippen molar-refractivity contribution in [3.8, 4) is 22.8 Å². The van der Waals surface area contributed by atoms with Crippen molar-refractivity contribution in [1.29, 1.82) is 0 Å². The fourth-order valence-electron chi connectivity index (χ4n) is 2.51. The predicted molar refractivity (Wildman–Crippen MR) is 92.3 cm³/mol. The first-order valence-electron chi connectivity index (χ1n) is 7.92. The predicted octanol–water partition coefficient (Wildman–Crippen LogP) is 4.08. The van der Waals surface area contributed by atoms with Gasteiger partial charge in [-0.05, 0) is 31.2 Å². The van der Waals surface area contributed by atoms with Gasteiger partial charge in [0.1, 0.15) is 28.6 Å². The molecule has 0 amide bonds. The standard InChI is InChI=1S/C19H16N4O2/c1-14-10-16(21-25-14)12-23-13-19(20-22-23)15-6-5-9-18(11-15)24-17-7-3-2-4-8-17/h2-11,13H,12H2,1H3. The lowest BCUT2D eigenvalue weighted by atomic mass is 10.1. The molecule has 0 N–H and O–H groups in total. The van der Waals surface area contributed by atoms with Crippen LogP contribution in [0.2, 0.25) is 0 Å². The molecular weight excluding hydrogens is 316 g/mol. The Morgan fingerprint density at radius 3 is 2.64 bits per heavy atom. The Kier molecular flexibility index (Phi) is 4.00. The zero-order chi connectivity index (χ0) is 17.1. The number of aryl methyl sites for hydroxylation is 1. The van der Waals surface area contributed by atoms with Crippen LogP contribution in [0.5, 0.6) is 11.5 Å². The van der Waals surface area contributed by atoms with Crippen LogP contribution in [-0.4, -0.2) is 20.2 Å². The van der Waals surface area contributed by atoms with Gasteiger partial charge < -0.3 is 9.26 Å². The molecule has 0 spiro atoms. The van der Waals surface area contributed by atoms with Crippen LogP contribution in [0.25, 0.3) is 11.3 Å². The van der Waals surface area contributed by atoms with Crippen molar-refractivity contribution in [2.45, 2.75) is 13.5 Å². The largest absolute Gasteiger partial charge is 0.457 e. The molecule has 0 aliphatic heterocycles. The highest BCUT2D eigenvalue weighted by Gasteiger charge is 2.08. The molecule has 4 aromatic rings. The number of hydrogen-bond donors (Lipinski definition) is 0. The third-order valence-electron chi connectivity index (χ3n) is 3.65. The molecule has 2 aromatic carbocycles. The molecule has 4 rings (SSSR count). The molecule has 0 aliphatic rings. The number of ether oxygens (including phenoxy) is 1. The fraction of sp³-hybridized carbons (Fsp3) is 0.105. The molecule has 0 saturated heterocycles. The molecule has 0 atom stereocenters. The first kappa shape index (κ1) is 15.1. The van der Waals surface area contributed by atoms with Gasteiger partial charge in [0, 0.05) is 11.6 Å². The van der Waals surface area contributed by atoms with E-state index in [9.17, 15) is 0 Å². The molecule has 0 unspecified atom stereocenters. The smallest absolute Gasteiger partial charge is 0.133 e. The number of hydrogen-bond acceptors (Lipinski definition) is 5. The van der Waals surface area contributed by atoms with E-state index < -0.39 is 0 Å². The highest BCUT2D eigenvalue weighted by atomic mass is 16.5. The van der Waals surface area contributed by atoms with E-state index >= 15 is 0 Å². The van der Waals surface area contributed by atoms with Crippen molar-refractivity contribution >= 4 is 0 Å². The van der Waals surface area contributed by atoms with E-state index in [1.807, 2.05) is 73.8 Å². The van der Waals surface area contributed by atoms with Crippen molar-refractivity contribution < 1.29 is 9.26 Å². The number of rotatable bonds is 5. The molecule has 0 aliphatic carbocycles. The molecule has 0 fully saturated rings. The van der Waals surface area contributed by atoms with Gasteiger partial charge in [-0.1, -0.05) is 40.7 Å². The summed E-state index contributed by atoms with van der Waals surface area (Å²) in [7, 11) is 0. The molecule has 0 radical (unpaired) electrons.